The zero-order valence-corrected chi connectivity index (χ0v) is 10.7. The zero-order chi connectivity index (χ0) is 10.9. The van der Waals surface area contributed by atoms with Gasteiger partial charge in [0, 0.05) is 17.7 Å². The summed E-state index contributed by atoms with van der Waals surface area (Å²) in [7, 11) is 0. The van der Waals surface area contributed by atoms with E-state index in [9.17, 15) is 0 Å². The van der Waals surface area contributed by atoms with Gasteiger partial charge in [-0.1, -0.05) is 16.0 Å². The maximum absolute atomic E-state index is 3.36. The normalized spacial score (nSPS) is 16.2. The van der Waals surface area contributed by atoms with E-state index in [0.29, 0.717) is 0 Å². The van der Waals surface area contributed by atoms with Crippen LogP contribution in [0.1, 0.15) is 20.8 Å². The van der Waals surface area contributed by atoms with Gasteiger partial charge in [-0.3, -0.25) is 5.43 Å². The fourth-order valence-electron chi connectivity index (χ4n) is 1.07. The summed E-state index contributed by atoms with van der Waals surface area (Å²) in [5.41, 5.74) is 4.59. The Morgan fingerprint density at radius 1 is 1.33 bits per heavy atom. The number of nitrogens with one attached hydrogen (secondary N) is 2. The standard InChI is InChI=1S/C10H15N3S2/c1-10(2,3)12-15-13-11-8-6-4-5-7-9(8)14-13/h4-7,11-12H,1-3H3. The first kappa shape index (κ1) is 11.1. The largest absolute Gasteiger partial charge is 0.297 e. The number of hydrogen-bond donors (Lipinski definition) is 2. The van der Waals surface area contributed by atoms with Crippen LogP contribution in [-0.2, 0) is 0 Å². The van der Waals surface area contributed by atoms with Crippen molar-refractivity contribution in [3.63, 3.8) is 0 Å². The van der Waals surface area contributed by atoms with Gasteiger partial charge in [-0.25, -0.2) is 4.72 Å². The summed E-state index contributed by atoms with van der Waals surface area (Å²) in [5, 5.41) is 0. The highest BCUT2D eigenvalue weighted by atomic mass is 32.2. The molecule has 82 valence electrons. The molecular weight excluding hydrogens is 226 g/mol. The maximum atomic E-state index is 3.36. The third-order valence-corrected chi connectivity index (χ3v) is 3.93. The molecule has 1 aromatic carbocycles. The Hall–Kier alpha value is -0.360. The Morgan fingerprint density at radius 3 is 2.73 bits per heavy atom. The monoisotopic (exact) mass is 241 g/mol. The number of para-hydroxylation sites is 1. The Morgan fingerprint density at radius 2 is 2.07 bits per heavy atom. The van der Waals surface area contributed by atoms with Crippen LogP contribution in [0.25, 0.3) is 0 Å². The lowest BCUT2D eigenvalue weighted by Gasteiger charge is -2.22. The van der Waals surface area contributed by atoms with Crippen molar-refractivity contribution in [2.45, 2.75) is 31.2 Å². The molecule has 0 atom stereocenters. The Kier molecular flexibility index (Phi) is 3.16. The summed E-state index contributed by atoms with van der Waals surface area (Å²) >= 11 is 3.28. The van der Waals surface area contributed by atoms with Gasteiger partial charge in [0.1, 0.15) is 0 Å². The molecule has 2 N–H and O–H groups in total. The summed E-state index contributed by atoms with van der Waals surface area (Å²) in [4.78, 5) is 1.26. The molecule has 3 nitrogen and oxygen atoms in total. The van der Waals surface area contributed by atoms with Crippen molar-refractivity contribution in [2.24, 2.45) is 0 Å². The number of benzene rings is 1. The number of nitrogens with zero attached hydrogens (tertiary/aromatic N) is 1. The predicted molar refractivity (Wildman–Crippen MR) is 68.2 cm³/mol. The molecule has 1 aliphatic rings. The third kappa shape index (κ3) is 3.04. The molecule has 1 aromatic rings. The van der Waals surface area contributed by atoms with Crippen molar-refractivity contribution in [3.05, 3.63) is 24.3 Å². The van der Waals surface area contributed by atoms with E-state index in [-0.39, 0.29) is 5.54 Å². The molecule has 2 rings (SSSR count). The predicted octanol–water partition coefficient (Wildman–Crippen LogP) is 3.29. The molecule has 0 bridgehead atoms. The minimum atomic E-state index is 0.113. The molecule has 0 saturated carbocycles. The molecule has 0 radical (unpaired) electrons. The van der Waals surface area contributed by atoms with Crippen LogP contribution >= 0.6 is 24.1 Å². The fourth-order valence-corrected chi connectivity index (χ4v) is 2.75. The minimum absolute atomic E-state index is 0.113. The lowest BCUT2D eigenvalue weighted by atomic mass is 10.1. The molecule has 5 heteroatoms. The highest BCUT2D eigenvalue weighted by molar-refractivity contribution is 8.11. The van der Waals surface area contributed by atoms with Gasteiger partial charge < -0.3 is 0 Å². The van der Waals surface area contributed by atoms with Gasteiger partial charge in [0.05, 0.1) is 10.6 Å². The number of anilines is 1. The second kappa shape index (κ2) is 4.25. The first-order chi connectivity index (χ1) is 7.04. The minimum Gasteiger partial charge on any atom is -0.297 e. The highest BCUT2D eigenvalue weighted by Gasteiger charge is 2.21. The zero-order valence-electron chi connectivity index (χ0n) is 9.07. The molecule has 0 spiro atoms. The highest BCUT2D eigenvalue weighted by Crippen LogP contribution is 2.40. The smallest absolute Gasteiger partial charge is 0.0658 e. The molecule has 0 amide bonds. The summed E-state index contributed by atoms with van der Waals surface area (Å²) in [6, 6.07) is 8.29. The van der Waals surface area contributed by atoms with Gasteiger partial charge in [-0.05, 0) is 44.9 Å². The first-order valence-corrected chi connectivity index (χ1v) is 6.37. The summed E-state index contributed by atoms with van der Waals surface area (Å²) in [5.74, 6) is 0. The van der Waals surface area contributed by atoms with Crippen LogP contribution < -0.4 is 10.1 Å². The molecule has 0 unspecified atom stereocenters. The molecule has 1 aliphatic heterocycles. The van der Waals surface area contributed by atoms with E-state index in [1.54, 1.807) is 24.1 Å². The summed E-state index contributed by atoms with van der Waals surface area (Å²) in [6.45, 7) is 6.44. The van der Waals surface area contributed by atoms with E-state index in [0.717, 1.165) is 0 Å². The lowest BCUT2D eigenvalue weighted by molar-refractivity contribution is 0.531. The maximum Gasteiger partial charge on any atom is 0.0658 e. The molecule has 15 heavy (non-hydrogen) atoms. The SMILES string of the molecule is CC(C)(C)NSN1Nc2ccccc2S1. The van der Waals surface area contributed by atoms with Crippen LogP contribution in [0.2, 0.25) is 0 Å². The van der Waals surface area contributed by atoms with Gasteiger partial charge in [0.2, 0.25) is 0 Å². The van der Waals surface area contributed by atoms with Gasteiger partial charge in [0.15, 0.2) is 0 Å². The number of hydrazine groups is 1. The molecule has 0 aromatic heterocycles. The van der Waals surface area contributed by atoms with Crippen LogP contribution in [0.4, 0.5) is 5.69 Å². The van der Waals surface area contributed by atoms with E-state index in [4.69, 9.17) is 0 Å². The van der Waals surface area contributed by atoms with Gasteiger partial charge in [-0.15, -0.1) is 0 Å². The van der Waals surface area contributed by atoms with Crippen LogP contribution in [-0.4, -0.2) is 9.36 Å². The van der Waals surface area contributed by atoms with Crippen molar-refractivity contribution >= 4 is 29.8 Å². The van der Waals surface area contributed by atoms with E-state index in [2.05, 4.69) is 49.1 Å². The molecule has 0 fully saturated rings. The Bertz CT molecular complexity index is 324. The lowest BCUT2D eigenvalue weighted by Crippen LogP contribution is -2.33. The van der Waals surface area contributed by atoms with Crippen molar-refractivity contribution in [1.29, 1.82) is 0 Å². The number of fused-ring (bicyclic) bond motifs is 1. The van der Waals surface area contributed by atoms with Gasteiger partial charge in [-0.2, -0.15) is 0 Å². The van der Waals surface area contributed by atoms with Crippen molar-refractivity contribution in [2.75, 3.05) is 5.43 Å². The van der Waals surface area contributed by atoms with E-state index in [1.807, 2.05) is 9.89 Å². The van der Waals surface area contributed by atoms with Gasteiger partial charge in [0.25, 0.3) is 0 Å². The average molecular weight is 241 g/mol. The quantitative estimate of drug-likeness (QED) is 0.775. The topological polar surface area (TPSA) is 27.3 Å². The van der Waals surface area contributed by atoms with Gasteiger partial charge >= 0.3 is 0 Å². The van der Waals surface area contributed by atoms with Crippen LogP contribution in [0.15, 0.2) is 29.2 Å². The van der Waals surface area contributed by atoms with Crippen molar-refractivity contribution < 1.29 is 0 Å². The second-order valence-electron chi connectivity index (χ2n) is 4.40. The summed E-state index contributed by atoms with van der Waals surface area (Å²) in [6.07, 6.45) is 0. The van der Waals surface area contributed by atoms with E-state index in [1.165, 1.54) is 10.6 Å². The number of rotatable bonds is 2. The average Bonchev–Trinajstić information content (AvgIpc) is 2.56. The van der Waals surface area contributed by atoms with Crippen LogP contribution in [0, 0.1) is 0 Å². The van der Waals surface area contributed by atoms with E-state index >= 15 is 0 Å². The Labute approximate surface area is 99.4 Å². The first-order valence-electron chi connectivity index (χ1n) is 4.82. The molecule has 0 aliphatic carbocycles. The van der Waals surface area contributed by atoms with Crippen LogP contribution in [0.5, 0.6) is 0 Å². The molecule has 0 saturated heterocycles. The van der Waals surface area contributed by atoms with Crippen LogP contribution in [0.3, 0.4) is 0 Å². The van der Waals surface area contributed by atoms with Crippen molar-refractivity contribution in [1.82, 2.24) is 8.54 Å². The summed E-state index contributed by atoms with van der Waals surface area (Å²) < 4.78 is 5.38. The Balaban J connectivity index is 1.91. The van der Waals surface area contributed by atoms with E-state index < -0.39 is 0 Å². The molecule has 1 heterocycles. The second-order valence-corrected chi connectivity index (χ2v) is 6.37. The fraction of sp³-hybridized carbons (Fsp3) is 0.400. The third-order valence-electron chi connectivity index (χ3n) is 1.71. The van der Waals surface area contributed by atoms with Crippen molar-refractivity contribution in [3.8, 4) is 0 Å². The number of hydrogen-bond acceptors (Lipinski definition) is 5. The molecular formula is C10H15N3S2.